The van der Waals surface area contributed by atoms with Crippen LogP contribution in [-0.2, 0) is 4.79 Å². The van der Waals surface area contributed by atoms with Crippen LogP contribution in [0, 0.1) is 22.7 Å². The van der Waals surface area contributed by atoms with Crippen molar-refractivity contribution in [3.63, 3.8) is 0 Å². The first-order chi connectivity index (χ1) is 11.0. The number of hydrazone groups is 1. The summed E-state index contributed by atoms with van der Waals surface area (Å²) in [7, 11) is 0. The van der Waals surface area contributed by atoms with Gasteiger partial charge < -0.3 is 16.4 Å². The molecule has 0 unspecified atom stereocenters. The zero-order valence-corrected chi connectivity index (χ0v) is 12.6. The van der Waals surface area contributed by atoms with E-state index in [2.05, 4.69) is 15.4 Å². The third-order valence-electron chi connectivity index (χ3n) is 3.79. The molecule has 23 heavy (non-hydrogen) atoms. The molecule has 0 saturated carbocycles. The summed E-state index contributed by atoms with van der Waals surface area (Å²) in [6.07, 6.45) is 1.42. The highest BCUT2D eigenvalue weighted by Crippen LogP contribution is 2.29. The minimum Gasteiger partial charge on any atom is -0.382 e. The number of nitrogens with two attached hydrogens (primary N) is 2. The highest BCUT2D eigenvalue weighted by atomic mass is 16.1. The average molecular weight is 313 g/mol. The topological polar surface area (TPSA) is 144 Å². The number of amides is 1. The van der Waals surface area contributed by atoms with Crippen molar-refractivity contribution in [3.8, 4) is 6.07 Å². The van der Waals surface area contributed by atoms with Crippen molar-refractivity contribution < 1.29 is 4.79 Å². The van der Waals surface area contributed by atoms with Gasteiger partial charge in [0.2, 0.25) is 11.6 Å². The Bertz CT molecular complexity index is 669. The fraction of sp³-hybridized carbons (Fsp3) is 0.333. The van der Waals surface area contributed by atoms with Gasteiger partial charge in [-0.3, -0.25) is 15.6 Å². The van der Waals surface area contributed by atoms with Crippen LogP contribution in [0.1, 0.15) is 12.8 Å². The van der Waals surface area contributed by atoms with Crippen molar-refractivity contribution in [2.45, 2.75) is 12.8 Å². The Morgan fingerprint density at radius 1 is 1.35 bits per heavy atom. The number of amidine groups is 1. The Morgan fingerprint density at radius 2 is 2.00 bits per heavy atom. The van der Waals surface area contributed by atoms with E-state index in [1.807, 2.05) is 24.3 Å². The molecule has 0 atom stereocenters. The second-order valence-electron chi connectivity index (χ2n) is 5.28. The summed E-state index contributed by atoms with van der Waals surface area (Å²) in [4.78, 5) is 13.4. The molecule has 1 aliphatic heterocycles. The third kappa shape index (κ3) is 3.97. The van der Waals surface area contributed by atoms with Gasteiger partial charge in [0.25, 0.3) is 0 Å². The summed E-state index contributed by atoms with van der Waals surface area (Å²) in [5, 5.41) is 20.0. The molecule has 0 bridgehead atoms. The first-order valence-electron chi connectivity index (χ1n) is 7.24. The van der Waals surface area contributed by atoms with Gasteiger partial charge in [0.05, 0.1) is 11.4 Å². The molecule has 1 aromatic rings. The van der Waals surface area contributed by atoms with Crippen molar-refractivity contribution in [3.05, 3.63) is 24.3 Å². The molecule has 1 heterocycles. The number of carbonyl (C=O) groups excluding carboxylic acids is 1. The van der Waals surface area contributed by atoms with E-state index < -0.39 is 0 Å². The fourth-order valence-corrected chi connectivity index (χ4v) is 2.51. The summed E-state index contributed by atoms with van der Waals surface area (Å²) in [5.74, 6) is -0.715. The van der Waals surface area contributed by atoms with Gasteiger partial charge in [-0.25, -0.2) is 0 Å². The van der Waals surface area contributed by atoms with Crippen LogP contribution in [0.15, 0.2) is 29.4 Å². The summed E-state index contributed by atoms with van der Waals surface area (Å²) in [6.45, 7) is 1.43. The minimum absolute atomic E-state index is 0.0766. The number of nitrogens with one attached hydrogen (secondary N) is 2. The molecule has 8 heteroatoms. The van der Waals surface area contributed by atoms with Gasteiger partial charge in [-0.2, -0.15) is 10.4 Å². The number of anilines is 2. The van der Waals surface area contributed by atoms with Crippen LogP contribution >= 0.6 is 0 Å². The van der Waals surface area contributed by atoms with Crippen LogP contribution in [0.5, 0.6) is 0 Å². The zero-order valence-electron chi connectivity index (χ0n) is 12.6. The number of hydrogen-bond acceptors (Lipinski definition) is 6. The summed E-state index contributed by atoms with van der Waals surface area (Å²) in [6, 6.07) is 9.27. The molecular weight excluding hydrogens is 294 g/mol. The number of carbonyl (C=O) groups is 1. The van der Waals surface area contributed by atoms with Crippen molar-refractivity contribution in [1.29, 1.82) is 10.7 Å². The summed E-state index contributed by atoms with van der Waals surface area (Å²) >= 11 is 0. The van der Waals surface area contributed by atoms with E-state index in [1.165, 1.54) is 0 Å². The second-order valence-corrected chi connectivity index (χ2v) is 5.28. The lowest BCUT2D eigenvalue weighted by molar-refractivity contribution is -0.122. The number of piperidine rings is 1. The Labute approximate surface area is 134 Å². The molecule has 0 aliphatic carbocycles. The number of nitrogens with zero attached hydrogens (tertiary/aromatic N) is 3. The van der Waals surface area contributed by atoms with Crippen LogP contribution in [-0.4, -0.2) is 30.5 Å². The van der Waals surface area contributed by atoms with Gasteiger partial charge in [0, 0.05) is 19.0 Å². The first-order valence-corrected chi connectivity index (χ1v) is 7.24. The largest absolute Gasteiger partial charge is 0.382 e. The summed E-state index contributed by atoms with van der Waals surface area (Å²) < 4.78 is 0. The lowest BCUT2D eigenvalue weighted by Gasteiger charge is -2.33. The van der Waals surface area contributed by atoms with Crippen molar-refractivity contribution in [2.75, 3.05) is 23.4 Å². The Kier molecular flexibility index (Phi) is 5.15. The predicted octanol–water partition coefficient (Wildman–Crippen LogP) is 0.616. The maximum atomic E-state index is 11.2. The molecular formula is C15H19N7O. The first kappa shape index (κ1) is 16.3. The number of hydrogen-bond donors (Lipinski definition) is 4. The maximum absolute atomic E-state index is 11.2. The number of nitriles is 1. The van der Waals surface area contributed by atoms with Crippen molar-refractivity contribution >= 4 is 28.8 Å². The molecule has 1 amide bonds. The van der Waals surface area contributed by atoms with E-state index in [0.29, 0.717) is 31.6 Å². The standard InChI is InChI=1S/C15H19N7O/c16-9-12(14(17)18)21-20-11-3-1-2-4-13(11)22-7-5-10(6-8-22)15(19)23/h1-4,10,20H,5-8H2,(H3,17,18)(H2,19,23)/b21-12+. The van der Waals surface area contributed by atoms with Gasteiger partial charge in [0.15, 0.2) is 5.84 Å². The Balaban J connectivity index is 2.14. The molecule has 0 radical (unpaired) electrons. The maximum Gasteiger partial charge on any atom is 0.220 e. The zero-order chi connectivity index (χ0) is 16.8. The second kappa shape index (κ2) is 7.26. The Morgan fingerprint density at radius 3 is 2.57 bits per heavy atom. The van der Waals surface area contributed by atoms with Gasteiger partial charge in [-0.05, 0) is 25.0 Å². The molecule has 0 spiro atoms. The highest BCUT2D eigenvalue weighted by Gasteiger charge is 2.24. The fourth-order valence-electron chi connectivity index (χ4n) is 2.51. The molecule has 6 N–H and O–H groups in total. The molecule has 1 fully saturated rings. The molecule has 120 valence electrons. The quantitative estimate of drug-likeness (QED) is 0.357. The van der Waals surface area contributed by atoms with Crippen LogP contribution < -0.4 is 21.8 Å². The van der Waals surface area contributed by atoms with E-state index >= 15 is 0 Å². The third-order valence-corrected chi connectivity index (χ3v) is 3.79. The monoisotopic (exact) mass is 313 g/mol. The van der Waals surface area contributed by atoms with E-state index in [4.69, 9.17) is 22.1 Å². The predicted molar refractivity (Wildman–Crippen MR) is 89.2 cm³/mol. The van der Waals surface area contributed by atoms with Gasteiger partial charge in [-0.15, -0.1) is 0 Å². The molecule has 0 aromatic heterocycles. The van der Waals surface area contributed by atoms with E-state index in [0.717, 1.165) is 5.69 Å². The van der Waals surface area contributed by atoms with Crippen LogP contribution in [0.4, 0.5) is 11.4 Å². The van der Waals surface area contributed by atoms with Gasteiger partial charge in [-0.1, -0.05) is 12.1 Å². The number of benzene rings is 1. The molecule has 1 aromatic carbocycles. The lowest BCUT2D eigenvalue weighted by Crippen LogP contribution is -2.38. The number of primary amides is 1. The van der Waals surface area contributed by atoms with Crippen LogP contribution in [0.2, 0.25) is 0 Å². The normalized spacial score (nSPS) is 15.8. The minimum atomic E-state index is -0.389. The molecule has 1 saturated heterocycles. The Hall–Kier alpha value is -3.08. The molecule has 1 aliphatic rings. The number of para-hydroxylation sites is 2. The lowest BCUT2D eigenvalue weighted by atomic mass is 9.96. The van der Waals surface area contributed by atoms with Crippen molar-refractivity contribution in [2.24, 2.45) is 22.5 Å². The highest BCUT2D eigenvalue weighted by molar-refractivity contribution is 6.45. The smallest absolute Gasteiger partial charge is 0.220 e. The van der Waals surface area contributed by atoms with E-state index in [1.54, 1.807) is 6.07 Å². The SMILES string of the molecule is N#C/C(=N\Nc1ccccc1N1CCC(C(N)=O)CC1)C(=N)N. The molecule has 8 nitrogen and oxygen atoms in total. The van der Waals surface area contributed by atoms with E-state index in [-0.39, 0.29) is 23.4 Å². The van der Waals surface area contributed by atoms with Gasteiger partial charge in [0.1, 0.15) is 6.07 Å². The molecule has 2 rings (SSSR count). The van der Waals surface area contributed by atoms with E-state index in [9.17, 15) is 4.79 Å². The van der Waals surface area contributed by atoms with Gasteiger partial charge >= 0.3 is 0 Å². The average Bonchev–Trinajstić information content (AvgIpc) is 2.55. The summed E-state index contributed by atoms with van der Waals surface area (Å²) in [5.41, 5.74) is 14.9. The van der Waals surface area contributed by atoms with Crippen LogP contribution in [0.25, 0.3) is 0 Å². The van der Waals surface area contributed by atoms with Crippen LogP contribution in [0.3, 0.4) is 0 Å². The number of rotatable bonds is 5. The van der Waals surface area contributed by atoms with Crippen molar-refractivity contribution in [1.82, 2.24) is 0 Å².